The van der Waals surface area contributed by atoms with Crippen molar-refractivity contribution in [2.75, 3.05) is 7.11 Å². The van der Waals surface area contributed by atoms with Crippen LogP contribution in [0.3, 0.4) is 0 Å². The van der Waals surface area contributed by atoms with Gasteiger partial charge in [0.25, 0.3) is 0 Å². The van der Waals surface area contributed by atoms with E-state index in [1.54, 1.807) is 31.4 Å². The van der Waals surface area contributed by atoms with Crippen molar-refractivity contribution in [2.45, 2.75) is 0 Å². The molecule has 0 saturated carbocycles. The Kier molecular flexibility index (Phi) is 3.13. The zero-order chi connectivity index (χ0) is 13.9. The molecule has 0 radical (unpaired) electrons. The molecule has 0 spiro atoms. The van der Waals surface area contributed by atoms with E-state index in [-0.39, 0.29) is 5.78 Å². The second-order valence-electron chi connectivity index (χ2n) is 4.33. The summed E-state index contributed by atoms with van der Waals surface area (Å²) in [4.78, 5) is 12.6. The normalized spacial score (nSPS) is 10.4. The van der Waals surface area contributed by atoms with Crippen LogP contribution in [0.2, 0.25) is 0 Å². The van der Waals surface area contributed by atoms with Crippen molar-refractivity contribution in [1.29, 1.82) is 0 Å². The van der Waals surface area contributed by atoms with Crippen molar-refractivity contribution in [1.82, 2.24) is 10.2 Å². The van der Waals surface area contributed by atoms with Gasteiger partial charge in [-0.25, -0.2) is 0 Å². The van der Waals surface area contributed by atoms with E-state index in [1.807, 2.05) is 24.3 Å². The molecule has 3 rings (SSSR count). The van der Waals surface area contributed by atoms with Gasteiger partial charge in [0.05, 0.1) is 24.4 Å². The van der Waals surface area contributed by atoms with E-state index in [1.165, 1.54) is 6.20 Å². The highest BCUT2D eigenvalue weighted by atomic mass is 16.5. The Balaban J connectivity index is 2.07. The monoisotopic (exact) mass is 264 g/mol. The van der Waals surface area contributed by atoms with E-state index in [0.717, 1.165) is 11.1 Å². The topological polar surface area (TPSA) is 52.1 Å². The highest BCUT2D eigenvalue weighted by molar-refractivity contribution is 6.15. The number of carbonyl (C=O) groups is 1. The van der Waals surface area contributed by atoms with E-state index in [9.17, 15) is 4.79 Å². The maximum Gasteiger partial charge on any atom is 0.195 e. The smallest absolute Gasteiger partial charge is 0.195 e. The molecule has 0 aliphatic heterocycles. The maximum absolute atomic E-state index is 12.6. The van der Waals surface area contributed by atoms with E-state index in [2.05, 4.69) is 10.2 Å². The number of ketones is 1. The van der Waals surface area contributed by atoms with E-state index in [0.29, 0.717) is 16.6 Å². The van der Waals surface area contributed by atoms with Crippen molar-refractivity contribution < 1.29 is 9.53 Å². The molecular formula is C16H12N2O2. The lowest BCUT2D eigenvalue weighted by atomic mass is 10.0. The minimum Gasteiger partial charge on any atom is -0.497 e. The lowest BCUT2D eigenvalue weighted by molar-refractivity contribution is 0.104. The Morgan fingerprint density at radius 2 is 1.80 bits per heavy atom. The third-order valence-corrected chi connectivity index (χ3v) is 3.14. The van der Waals surface area contributed by atoms with Gasteiger partial charge in [0.1, 0.15) is 5.75 Å². The van der Waals surface area contributed by atoms with Gasteiger partial charge in [-0.15, -0.1) is 0 Å². The fraction of sp³-hybridized carbons (Fsp3) is 0.0625. The summed E-state index contributed by atoms with van der Waals surface area (Å²) in [6.07, 6.45) is 1.51. The first-order valence-electron chi connectivity index (χ1n) is 6.19. The summed E-state index contributed by atoms with van der Waals surface area (Å²) in [5.74, 6) is 0.651. The first-order chi connectivity index (χ1) is 9.79. The Labute approximate surface area is 116 Å². The first kappa shape index (κ1) is 12.3. The second-order valence-corrected chi connectivity index (χ2v) is 4.33. The molecule has 3 aromatic rings. The molecular weight excluding hydrogens is 252 g/mol. The Hall–Kier alpha value is -2.75. The molecule has 1 heterocycles. The number of nitrogens with zero attached hydrogens (tertiary/aromatic N) is 2. The van der Waals surface area contributed by atoms with Gasteiger partial charge in [0, 0.05) is 10.9 Å². The fourth-order valence-electron chi connectivity index (χ4n) is 2.09. The van der Waals surface area contributed by atoms with Gasteiger partial charge in [-0.3, -0.25) is 4.79 Å². The van der Waals surface area contributed by atoms with Crippen molar-refractivity contribution in [3.8, 4) is 5.75 Å². The van der Waals surface area contributed by atoms with E-state index in [4.69, 9.17) is 4.74 Å². The molecule has 2 aromatic carbocycles. The number of rotatable bonds is 3. The van der Waals surface area contributed by atoms with Crippen LogP contribution in [0.15, 0.2) is 54.7 Å². The van der Waals surface area contributed by atoms with Crippen molar-refractivity contribution >= 4 is 16.7 Å². The largest absolute Gasteiger partial charge is 0.497 e. The van der Waals surface area contributed by atoms with Crippen LogP contribution >= 0.6 is 0 Å². The third kappa shape index (κ3) is 2.12. The number of fused-ring (bicyclic) bond motifs is 1. The summed E-state index contributed by atoms with van der Waals surface area (Å²) in [7, 11) is 1.59. The van der Waals surface area contributed by atoms with Crippen molar-refractivity contribution in [2.24, 2.45) is 0 Å². The van der Waals surface area contributed by atoms with Gasteiger partial charge in [-0.1, -0.05) is 18.2 Å². The highest BCUT2D eigenvalue weighted by Gasteiger charge is 2.13. The predicted octanol–water partition coefficient (Wildman–Crippen LogP) is 2.87. The maximum atomic E-state index is 12.6. The third-order valence-electron chi connectivity index (χ3n) is 3.14. The Morgan fingerprint density at radius 1 is 1.05 bits per heavy atom. The quantitative estimate of drug-likeness (QED) is 0.682. The second kappa shape index (κ2) is 5.09. The number of benzene rings is 2. The number of hydrogen-bond donors (Lipinski definition) is 0. The summed E-state index contributed by atoms with van der Waals surface area (Å²) in [6.45, 7) is 0. The Bertz CT molecular complexity index is 762. The number of methoxy groups -OCH3 is 1. The van der Waals surface area contributed by atoms with Gasteiger partial charge >= 0.3 is 0 Å². The molecule has 0 amide bonds. The Morgan fingerprint density at radius 3 is 2.55 bits per heavy atom. The molecule has 20 heavy (non-hydrogen) atoms. The van der Waals surface area contributed by atoms with E-state index >= 15 is 0 Å². The lowest BCUT2D eigenvalue weighted by Gasteiger charge is -2.05. The van der Waals surface area contributed by atoms with Crippen LogP contribution in [0, 0.1) is 0 Å². The van der Waals surface area contributed by atoms with Crippen molar-refractivity contribution in [3.63, 3.8) is 0 Å². The van der Waals surface area contributed by atoms with Crippen LogP contribution < -0.4 is 4.74 Å². The molecule has 0 bridgehead atoms. The van der Waals surface area contributed by atoms with Crippen LogP contribution in [0.5, 0.6) is 5.75 Å². The highest BCUT2D eigenvalue weighted by Crippen LogP contribution is 2.20. The predicted molar refractivity (Wildman–Crippen MR) is 76.0 cm³/mol. The zero-order valence-electron chi connectivity index (χ0n) is 10.9. The minimum absolute atomic E-state index is 0.0706. The lowest BCUT2D eigenvalue weighted by Crippen LogP contribution is -2.04. The molecule has 0 aliphatic carbocycles. The van der Waals surface area contributed by atoms with Gasteiger partial charge in [-0.2, -0.15) is 10.2 Å². The standard InChI is InChI=1S/C16H12N2O2/c1-20-12-8-6-11(7-9-12)16(19)14-10-17-18-15-5-3-2-4-13(14)15/h2-10H,1H3. The molecule has 0 unspecified atom stereocenters. The summed E-state index contributed by atoms with van der Waals surface area (Å²) < 4.78 is 5.09. The van der Waals surface area contributed by atoms with Crippen LogP contribution in [0.25, 0.3) is 10.9 Å². The van der Waals surface area contributed by atoms with Gasteiger partial charge in [-0.05, 0) is 30.3 Å². The number of carbonyl (C=O) groups excluding carboxylic acids is 1. The molecule has 0 N–H and O–H groups in total. The van der Waals surface area contributed by atoms with Gasteiger partial charge in [0.2, 0.25) is 0 Å². The molecule has 0 atom stereocenters. The van der Waals surface area contributed by atoms with Crippen LogP contribution in [0.4, 0.5) is 0 Å². The van der Waals surface area contributed by atoms with E-state index < -0.39 is 0 Å². The average molecular weight is 264 g/mol. The van der Waals surface area contributed by atoms with Gasteiger partial charge < -0.3 is 4.74 Å². The molecule has 0 aliphatic rings. The summed E-state index contributed by atoms with van der Waals surface area (Å²) >= 11 is 0. The molecule has 98 valence electrons. The number of hydrogen-bond acceptors (Lipinski definition) is 4. The average Bonchev–Trinajstić information content (AvgIpc) is 2.54. The fourth-order valence-corrected chi connectivity index (χ4v) is 2.09. The van der Waals surface area contributed by atoms with Crippen molar-refractivity contribution in [3.05, 3.63) is 65.9 Å². The van der Waals surface area contributed by atoms with Crippen LogP contribution in [-0.4, -0.2) is 23.1 Å². The minimum atomic E-state index is -0.0706. The molecule has 0 saturated heterocycles. The molecule has 0 fully saturated rings. The SMILES string of the molecule is COc1ccc(C(=O)c2cnnc3ccccc23)cc1. The summed E-state index contributed by atoms with van der Waals surface area (Å²) in [5.41, 5.74) is 1.87. The summed E-state index contributed by atoms with van der Waals surface area (Å²) in [6, 6.07) is 14.5. The first-order valence-corrected chi connectivity index (χ1v) is 6.19. The molecule has 1 aromatic heterocycles. The number of ether oxygens (including phenoxy) is 1. The molecule has 4 nitrogen and oxygen atoms in total. The van der Waals surface area contributed by atoms with Crippen LogP contribution in [0.1, 0.15) is 15.9 Å². The zero-order valence-corrected chi connectivity index (χ0v) is 10.9. The molecule has 4 heteroatoms. The van der Waals surface area contributed by atoms with Gasteiger partial charge in [0.15, 0.2) is 5.78 Å². The number of aromatic nitrogens is 2. The summed E-state index contributed by atoms with van der Waals surface area (Å²) in [5, 5.41) is 8.73. The van der Waals surface area contributed by atoms with Crippen LogP contribution in [-0.2, 0) is 0 Å².